The summed E-state index contributed by atoms with van der Waals surface area (Å²) in [5.41, 5.74) is 1.84. The Morgan fingerprint density at radius 3 is 2.33 bits per heavy atom. The third kappa shape index (κ3) is 5.62. The summed E-state index contributed by atoms with van der Waals surface area (Å²) in [6.45, 7) is 2.80. The van der Waals surface area contributed by atoms with E-state index in [9.17, 15) is 4.79 Å². The Morgan fingerprint density at radius 1 is 1.00 bits per heavy atom. The minimum absolute atomic E-state index is 0.0776. The van der Waals surface area contributed by atoms with Crippen LogP contribution in [0.5, 0.6) is 5.75 Å². The molecule has 0 saturated heterocycles. The van der Waals surface area contributed by atoms with Crippen molar-refractivity contribution in [1.29, 1.82) is 0 Å². The van der Waals surface area contributed by atoms with Crippen molar-refractivity contribution < 1.29 is 9.53 Å². The van der Waals surface area contributed by atoms with Gasteiger partial charge in [-0.05, 0) is 59.9 Å². The molecule has 0 heterocycles. The molecule has 3 heteroatoms. The quantitative estimate of drug-likeness (QED) is 0.196. The third-order valence-corrected chi connectivity index (χ3v) is 4.88. The standard InChI is InChI=1S/C21H25IO2/c1-2-20(17-9-5-3-6-10-17)21(23)18-11-13-19(14-12-18)24-16-8-4-7-15-22/h3,5-6,9-14,20H,2,4,7-8,15-16H2,1H3. The smallest absolute Gasteiger partial charge is 0.170 e. The van der Waals surface area contributed by atoms with E-state index < -0.39 is 0 Å². The number of Topliss-reactive ketones (excluding diaryl/α,β-unsaturated/α-hetero) is 1. The van der Waals surface area contributed by atoms with Gasteiger partial charge in [0.2, 0.25) is 0 Å². The van der Waals surface area contributed by atoms with E-state index in [1.807, 2.05) is 54.6 Å². The van der Waals surface area contributed by atoms with Crippen LogP contribution in [0.2, 0.25) is 0 Å². The van der Waals surface area contributed by atoms with Gasteiger partial charge in [0.25, 0.3) is 0 Å². The number of carbonyl (C=O) groups is 1. The summed E-state index contributed by atoms with van der Waals surface area (Å²) >= 11 is 2.40. The Morgan fingerprint density at radius 2 is 1.71 bits per heavy atom. The van der Waals surface area contributed by atoms with Crippen LogP contribution in [0.1, 0.15) is 54.4 Å². The van der Waals surface area contributed by atoms with Crippen molar-refractivity contribution in [3.05, 3.63) is 65.7 Å². The number of carbonyl (C=O) groups excluding carboxylic acids is 1. The van der Waals surface area contributed by atoms with Gasteiger partial charge in [-0.2, -0.15) is 0 Å². The lowest BCUT2D eigenvalue weighted by Crippen LogP contribution is -2.12. The Balaban J connectivity index is 1.95. The van der Waals surface area contributed by atoms with E-state index in [-0.39, 0.29) is 11.7 Å². The lowest BCUT2D eigenvalue weighted by Gasteiger charge is -2.14. The second kappa shape index (κ2) is 10.5. The number of rotatable bonds is 10. The molecule has 0 aliphatic carbocycles. The Bertz CT molecular complexity index is 607. The zero-order chi connectivity index (χ0) is 17.2. The maximum Gasteiger partial charge on any atom is 0.170 e. The predicted molar refractivity (Wildman–Crippen MR) is 108 cm³/mol. The summed E-state index contributed by atoms with van der Waals surface area (Å²) in [4.78, 5) is 12.8. The number of halogens is 1. The number of benzene rings is 2. The first kappa shape index (κ1) is 19.0. The van der Waals surface area contributed by atoms with E-state index in [0.29, 0.717) is 0 Å². The molecular formula is C21H25IO2. The molecule has 2 aromatic carbocycles. The minimum Gasteiger partial charge on any atom is -0.494 e. The van der Waals surface area contributed by atoms with Crippen LogP contribution in [-0.4, -0.2) is 16.8 Å². The minimum atomic E-state index is -0.0776. The van der Waals surface area contributed by atoms with E-state index >= 15 is 0 Å². The summed E-state index contributed by atoms with van der Waals surface area (Å²) in [6.07, 6.45) is 4.33. The van der Waals surface area contributed by atoms with Crippen LogP contribution < -0.4 is 4.74 Å². The molecule has 1 atom stereocenters. The van der Waals surface area contributed by atoms with E-state index in [1.165, 1.54) is 17.3 Å². The first-order chi connectivity index (χ1) is 11.8. The maximum absolute atomic E-state index is 12.8. The van der Waals surface area contributed by atoms with Gasteiger partial charge in [0, 0.05) is 11.5 Å². The second-order valence-electron chi connectivity index (χ2n) is 5.86. The molecule has 0 bridgehead atoms. The molecule has 2 aromatic rings. The van der Waals surface area contributed by atoms with Crippen LogP contribution in [0.15, 0.2) is 54.6 Å². The van der Waals surface area contributed by atoms with Gasteiger partial charge >= 0.3 is 0 Å². The van der Waals surface area contributed by atoms with E-state index in [2.05, 4.69) is 29.5 Å². The number of ether oxygens (including phenoxy) is 1. The molecular weight excluding hydrogens is 411 g/mol. The number of alkyl halides is 1. The molecule has 1 unspecified atom stereocenters. The van der Waals surface area contributed by atoms with Gasteiger partial charge in [-0.15, -0.1) is 0 Å². The average Bonchev–Trinajstić information content (AvgIpc) is 2.63. The molecule has 0 N–H and O–H groups in total. The Kier molecular flexibility index (Phi) is 8.29. The van der Waals surface area contributed by atoms with Crippen LogP contribution in [-0.2, 0) is 0 Å². The molecule has 0 fully saturated rings. The highest BCUT2D eigenvalue weighted by molar-refractivity contribution is 14.1. The highest BCUT2D eigenvalue weighted by atomic mass is 127. The molecule has 0 radical (unpaired) electrons. The zero-order valence-electron chi connectivity index (χ0n) is 14.2. The Labute approximate surface area is 158 Å². The first-order valence-corrected chi connectivity index (χ1v) is 10.2. The molecule has 0 amide bonds. The van der Waals surface area contributed by atoms with Gasteiger partial charge in [0.05, 0.1) is 6.61 Å². The van der Waals surface area contributed by atoms with Crippen molar-refractivity contribution in [3.8, 4) is 5.75 Å². The van der Waals surface area contributed by atoms with E-state index in [1.54, 1.807) is 0 Å². The number of hydrogen-bond donors (Lipinski definition) is 0. The normalized spacial score (nSPS) is 11.9. The monoisotopic (exact) mass is 436 g/mol. The van der Waals surface area contributed by atoms with Crippen molar-refractivity contribution in [3.63, 3.8) is 0 Å². The van der Waals surface area contributed by atoms with Crippen molar-refractivity contribution in [2.45, 2.75) is 38.5 Å². The van der Waals surface area contributed by atoms with Crippen molar-refractivity contribution in [2.75, 3.05) is 11.0 Å². The van der Waals surface area contributed by atoms with Crippen molar-refractivity contribution in [2.24, 2.45) is 0 Å². The fourth-order valence-corrected chi connectivity index (χ4v) is 3.28. The number of ketones is 1. The van der Waals surface area contributed by atoms with Crippen molar-refractivity contribution >= 4 is 28.4 Å². The summed E-state index contributed by atoms with van der Waals surface area (Å²) in [6, 6.07) is 17.6. The van der Waals surface area contributed by atoms with E-state index in [0.717, 1.165) is 36.3 Å². The average molecular weight is 436 g/mol. The fraction of sp³-hybridized carbons (Fsp3) is 0.381. The largest absolute Gasteiger partial charge is 0.494 e. The van der Waals surface area contributed by atoms with Crippen LogP contribution in [0, 0.1) is 0 Å². The van der Waals surface area contributed by atoms with Crippen LogP contribution >= 0.6 is 22.6 Å². The van der Waals surface area contributed by atoms with Gasteiger partial charge < -0.3 is 4.74 Å². The molecule has 0 spiro atoms. The molecule has 0 aliphatic rings. The molecule has 24 heavy (non-hydrogen) atoms. The number of unbranched alkanes of at least 4 members (excludes halogenated alkanes) is 2. The summed E-state index contributed by atoms with van der Waals surface area (Å²) in [5.74, 6) is 0.942. The molecule has 128 valence electrons. The summed E-state index contributed by atoms with van der Waals surface area (Å²) in [7, 11) is 0. The predicted octanol–water partition coefficient (Wildman–Crippen LogP) is 6.05. The van der Waals surface area contributed by atoms with Gasteiger partial charge in [-0.3, -0.25) is 4.79 Å². The Hall–Kier alpha value is -1.36. The van der Waals surface area contributed by atoms with Gasteiger partial charge in [0.15, 0.2) is 5.78 Å². The highest BCUT2D eigenvalue weighted by Gasteiger charge is 2.19. The number of hydrogen-bond acceptors (Lipinski definition) is 2. The second-order valence-corrected chi connectivity index (χ2v) is 6.94. The summed E-state index contributed by atoms with van der Waals surface area (Å²) < 4.78 is 6.95. The maximum atomic E-state index is 12.8. The van der Waals surface area contributed by atoms with Gasteiger partial charge in [-0.25, -0.2) is 0 Å². The van der Waals surface area contributed by atoms with Gasteiger partial charge in [0.1, 0.15) is 5.75 Å². The first-order valence-electron chi connectivity index (χ1n) is 8.64. The van der Waals surface area contributed by atoms with Crippen LogP contribution in [0.3, 0.4) is 0 Å². The van der Waals surface area contributed by atoms with Crippen LogP contribution in [0.25, 0.3) is 0 Å². The zero-order valence-corrected chi connectivity index (χ0v) is 16.4. The topological polar surface area (TPSA) is 26.3 Å². The highest BCUT2D eigenvalue weighted by Crippen LogP contribution is 2.25. The molecule has 2 nitrogen and oxygen atoms in total. The summed E-state index contributed by atoms with van der Waals surface area (Å²) in [5, 5.41) is 0. The lowest BCUT2D eigenvalue weighted by atomic mass is 9.89. The third-order valence-electron chi connectivity index (χ3n) is 4.11. The van der Waals surface area contributed by atoms with Crippen LogP contribution in [0.4, 0.5) is 0 Å². The molecule has 2 rings (SSSR count). The SMILES string of the molecule is CCC(C(=O)c1ccc(OCCCCCI)cc1)c1ccccc1. The van der Waals surface area contributed by atoms with Crippen molar-refractivity contribution in [1.82, 2.24) is 0 Å². The molecule has 0 saturated carbocycles. The van der Waals surface area contributed by atoms with E-state index in [4.69, 9.17) is 4.74 Å². The van der Waals surface area contributed by atoms with Gasteiger partial charge in [-0.1, -0.05) is 59.8 Å². The molecule has 0 aromatic heterocycles. The lowest BCUT2D eigenvalue weighted by molar-refractivity contribution is 0.0957. The molecule has 0 aliphatic heterocycles. The fourth-order valence-electron chi connectivity index (χ4n) is 2.74.